The number of carbonyl (C=O) groups excluding carboxylic acids is 1. The number of fused-ring (bicyclic) bond motifs is 2. The van der Waals surface area contributed by atoms with Gasteiger partial charge in [0.25, 0.3) is 5.91 Å². The molecule has 2 heterocycles. The second-order valence-corrected chi connectivity index (χ2v) is 6.87. The number of para-hydroxylation sites is 2. The lowest BCUT2D eigenvalue weighted by Crippen LogP contribution is -2.43. The zero-order valence-electron chi connectivity index (χ0n) is 14.9. The Bertz CT molecular complexity index is 1040. The van der Waals surface area contributed by atoms with E-state index in [9.17, 15) is 9.59 Å². The average Bonchev–Trinajstić information content (AvgIpc) is 2.78. The van der Waals surface area contributed by atoms with Crippen molar-refractivity contribution in [2.75, 3.05) is 18.5 Å². The molecular weight excluding hydrogens is 326 g/mol. The summed E-state index contributed by atoms with van der Waals surface area (Å²) in [6.07, 6.45) is 1.54. The maximum absolute atomic E-state index is 13.2. The molecule has 0 saturated heterocycles. The number of aromatic amines is 1. The Labute approximate surface area is 151 Å². The number of anilines is 1. The molecule has 1 amide bonds. The molecule has 132 valence electrons. The highest BCUT2D eigenvalue weighted by Gasteiger charge is 2.29. The summed E-state index contributed by atoms with van der Waals surface area (Å²) in [7, 11) is 2.03. The fraction of sp³-hybridized carbons (Fsp3) is 0.238. The standard InChI is InChI=1S/C21H21N3O2/c1-14-12-23(2)19-10-6-3-7-15(19)13-24(14)21(26)17-11-22-18-9-5-4-8-16(18)20(17)25/h3-11,14H,12-13H2,1-2H3,(H,22,25)/t14-/m0/s1. The van der Waals surface area contributed by atoms with E-state index < -0.39 is 0 Å². The van der Waals surface area contributed by atoms with Crippen molar-refractivity contribution < 1.29 is 4.79 Å². The van der Waals surface area contributed by atoms with Crippen LogP contribution in [0.4, 0.5) is 5.69 Å². The molecule has 0 aliphatic carbocycles. The van der Waals surface area contributed by atoms with Gasteiger partial charge in [-0.3, -0.25) is 9.59 Å². The lowest BCUT2D eigenvalue weighted by molar-refractivity contribution is 0.0686. The second-order valence-electron chi connectivity index (χ2n) is 6.87. The fourth-order valence-electron chi connectivity index (χ4n) is 3.70. The van der Waals surface area contributed by atoms with Crippen molar-refractivity contribution in [1.82, 2.24) is 9.88 Å². The largest absolute Gasteiger partial charge is 0.372 e. The average molecular weight is 347 g/mol. The second kappa shape index (κ2) is 6.33. The molecule has 5 heteroatoms. The Morgan fingerprint density at radius 2 is 1.85 bits per heavy atom. The zero-order valence-corrected chi connectivity index (χ0v) is 14.9. The van der Waals surface area contributed by atoms with Gasteiger partial charge in [0, 0.05) is 49.0 Å². The third kappa shape index (κ3) is 2.65. The third-order valence-corrected chi connectivity index (χ3v) is 5.09. The van der Waals surface area contributed by atoms with E-state index in [-0.39, 0.29) is 22.9 Å². The molecule has 0 saturated carbocycles. The SMILES string of the molecule is C[C@H]1CN(C)c2ccccc2CN1C(=O)c1c[nH]c2ccccc2c1=O. The molecule has 4 rings (SSSR count). The number of hydrogen-bond donors (Lipinski definition) is 1. The quantitative estimate of drug-likeness (QED) is 0.736. The lowest BCUT2D eigenvalue weighted by atomic mass is 10.1. The Hall–Kier alpha value is -3.08. The van der Waals surface area contributed by atoms with Crippen LogP contribution in [0.2, 0.25) is 0 Å². The van der Waals surface area contributed by atoms with Crippen molar-refractivity contribution in [3.8, 4) is 0 Å². The van der Waals surface area contributed by atoms with Gasteiger partial charge in [-0.2, -0.15) is 0 Å². The minimum Gasteiger partial charge on any atom is -0.372 e. The number of carbonyl (C=O) groups is 1. The number of aromatic nitrogens is 1. The number of rotatable bonds is 1. The summed E-state index contributed by atoms with van der Waals surface area (Å²) in [5, 5.41) is 0.540. The number of pyridine rings is 1. The summed E-state index contributed by atoms with van der Waals surface area (Å²) in [5.74, 6) is -0.227. The monoisotopic (exact) mass is 347 g/mol. The van der Waals surface area contributed by atoms with E-state index in [2.05, 4.69) is 16.0 Å². The summed E-state index contributed by atoms with van der Waals surface area (Å²) < 4.78 is 0. The highest BCUT2D eigenvalue weighted by molar-refractivity contribution is 5.97. The van der Waals surface area contributed by atoms with Gasteiger partial charge in [0.15, 0.2) is 0 Å². The molecule has 1 aliphatic heterocycles. The Morgan fingerprint density at radius 1 is 1.12 bits per heavy atom. The molecule has 1 aromatic heterocycles. The van der Waals surface area contributed by atoms with Gasteiger partial charge in [-0.1, -0.05) is 30.3 Å². The van der Waals surface area contributed by atoms with Crippen LogP contribution >= 0.6 is 0 Å². The van der Waals surface area contributed by atoms with Crippen LogP contribution in [-0.4, -0.2) is 35.4 Å². The van der Waals surface area contributed by atoms with E-state index in [4.69, 9.17) is 0 Å². The maximum atomic E-state index is 13.2. The first-order valence-corrected chi connectivity index (χ1v) is 8.76. The molecule has 5 nitrogen and oxygen atoms in total. The van der Waals surface area contributed by atoms with Gasteiger partial charge in [0.1, 0.15) is 5.56 Å². The van der Waals surface area contributed by atoms with Gasteiger partial charge in [-0.15, -0.1) is 0 Å². The van der Waals surface area contributed by atoms with Crippen LogP contribution in [0.5, 0.6) is 0 Å². The number of hydrogen-bond acceptors (Lipinski definition) is 3. The number of nitrogens with one attached hydrogen (secondary N) is 1. The third-order valence-electron chi connectivity index (χ3n) is 5.09. The van der Waals surface area contributed by atoms with Crippen LogP contribution < -0.4 is 10.3 Å². The first-order chi connectivity index (χ1) is 12.6. The molecule has 26 heavy (non-hydrogen) atoms. The summed E-state index contributed by atoms with van der Waals surface area (Å²) in [5.41, 5.74) is 2.93. The van der Waals surface area contributed by atoms with Crippen molar-refractivity contribution in [2.45, 2.75) is 19.5 Å². The molecule has 1 atom stereocenters. The van der Waals surface area contributed by atoms with Crippen molar-refractivity contribution in [2.24, 2.45) is 0 Å². The minimum atomic E-state index is -0.227. The molecular formula is C21H21N3O2. The van der Waals surface area contributed by atoms with Crippen molar-refractivity contribution in [1.29, 1.82) is 0 Å². The molecule has 2 aromatic carbocycles. The van der Waals surface area contributed by atoms with Gasteiger partial charge in [0.05, 0.1) is 0 Å². The van der Waals surface area contributed by atoms with Crippen molar-refractivity contribution in [3.05, 3.63) is 76.1 Å². The van der Waals surface area contributed by atoms with E-state index in [0.29, 0.717) is 18.5 Å². The molecule has 0 fully saturated rings. The molecule has 0 radical (unpaired) electrons. The van der Waals surface area contributed by atoms with Crippen LogP contribution in [0.1, 0.15) is 22.8 Å². The topological polar surface area (TPSA) is 56.4 Å². The number of benzene rings is 2. The lowest BCUT2D eigenvalue weighted by Gasteiger charge is -2.28. The van der Waals surface area contributed by atoms with E-state index in [0.717, 1.165) is 16.8 Å². The van der Waals surface area contributed by atoms with Crippen molar-refractivity contribution in [3.63, 3.8) is 0 Å². The van der Waals surface area contributed by atoms with E-state index in [1.54, 1.807) is 17.2 Å². The minimum absolute atomic E-state index is 0.00855. The summed E-state index contributed by atoms with van der Waals surface area (Å²) in [6.45, 7) is 3.23. The Balaban J connectivity index is 1.76. The fourth-order valence-corrected chi connectivity index (χ4v) is 3.70. The summed E-state index contributed by atoms with van der Waals surface area (Å²) >= 11 is 0. The maximum Gasteiger partial charge on any atom is 0.259 e. The van der Waals surface area contributed by atoms with Gasteiger partial charge >= 0.3 is 0 Å². The molecule has 0 bridgehead atoms. The highest BCUT2D eigenvalue weighted by atomic mass is 16.2. The predicted molar refractivity (Wildman–Crippen MR) is 104 cm³/mol. The number of nitrogens with zero attached hydrogens (tertiary/aromatic N) is 2. The number of H-pyrrole nitrogens is 1. The van der Waals surface area contributed by atoms with Gasteiger partial charge < -0.3 is 14.8 Å². The number of amides is 1. The van der Waals surface area contributed by atoms with Crippen LogP contribution in [-0.2, 0) is 6.54 Å². The number of likely N-dealkylation sites (N-methyl/N-ethyl adjacent to an activating group) is 1. The smallest absolute Gasteiger partial charge is 0.259 e. The highest BCUT2D eigenvalue weighted by Crippen LogP contribution is 2.26. The van der Waals surface area contributed by atoms with Gasteiger partial charge in [0.2, 0.25) is 5.43 Å². The molecule has 1 aliphatic rings. The molecule has 3 aromatic rings. The van der Waals surface area contributed by atoms with E-state index in [1.807, 2.05) is 50.4 Å². The van der Waals surface area contributed by atoms with Crippen molar-refractivity contribution >= 4 is 22.5 Å². The van der Waals surface area contributed by atoms with E-state index >= 15 is 0 Å². The van der Waals surface area contributed by atoms with Gasteiger partial charge in [-0.05, 0) is 30.7 Å². The van der Waals surface area contributed by atoms with E-state index in [1.165, 1.54) is 0 Å². The molecule has 0 spiro atoms. The summed E-state index contributed by atoms with van der Waals surface area (Å²) in [6, 6.07) is 15.3. The normalized spacial score (nSPS) is 17.1. The molecule has 1 N–H and O–H groups in total. The predicted octanol–water partition coefficient (Wildman–Crippen LogP) is 3.01. The van der Waals surface area contributed by atoms with Crippen LogP contribution in [0, 0.1) is 0 Å². The van der Waals surface area contributed by atoms with Crippen LogP contribution in [0.25, 0.3) is 10.9 Å². The molecule has 0 unspecified atom stereocenters. The Kier molecular flexibility index (Phi) is 3.99. The first kappa shape index (κ1) is 16.4. The Morgan fingerprint density at radius 3 is 2.69 bits per heavy atom. The summed E-state index contributed by atoms with van der Waals surface area (Å²) in [4.78, 5) is 33.1. The first-order valence-electron chi connectivity index (χ1n) is 8.76. The zero-order chi connectivity index (χ0) is 18.3. The van der Waals surface area contributed by atoms with Crippen LogP contribution in [0.3, 0.4) is 0 Å². The van der Waals surface area contributed by atoms with Gasteiger partial charge in [-0.25, -0.2) is 0 Å². The van der Waals surface area contributed by atoms with Crippen LogP contribution in [0.15, 0.2) is 59.5 Å².